The highest BCUT2D eigenvalue weighted by Crippen LogP contribution is 2.05. The lowest BCUT2D eigenvalue weighted by Gasteiger charge is -2.07. The van der Waals surface area contributed by atoms with Gasteiger partial charge in [-0.05, 0) is 51.4 Å². The molecule has 10 heteroatoms. The van der Waals surface area contributed by atoms with Crippen molar-refractivity contribution in [2.24, 2.45) is 0 Å². The fourth-order valence-electron chi connectivity index (χ4n) is 2.41. The fraction of sp³-hybridized carbons (Fsp3) is 0.818. The second kappa shape index (κ2) is 22.0. The molecule has 0 aliphatic heterocycles. The minimum Gasteiger partial charge on any atom is -0.466 e. The van der Waals surface area contributed by atoms with Crippen molar-refractivity contribution in [1.82, 2.24) is 0 Å². The molecule has 0 amide bonds. The number of rotatable bonds is 21. The van der Waals surface area contributed by atoms with E-state index in [-0.39, 0.29) is 70.7 Å². The maximum atomic E-state index is 11.6. The summed E-state index contributed by atoms with van der Waals surface area (Å²) in [5.74, 6) is -1.60. The van der Waals surface area contributed by atoms with Crippen molar-refractivity contribution in [3.63, 3.8) is 0 Å². The van der Waals surface area contributed by atoms with E-state index in [1.165, 1.54) is 0 Å². The van der Waals surface area contributed by atoms with Crippen LogP contribution in [-0.2, 0) is 38.1 Å². The first kappa shape index (κ1) is 29.8. The zero-order valence-corrected chi connectivity index (χ0v) is 18.9. The van der Waals surface area contributed by atoms with Crippen molar-refractivity contribution < 1.29 is 48.3 Å². The summed E-state index contributed by atoms with van der Waals surface area (Å²) in [6, 6.07) is 0. The van der Waals surface area contributed by atoms with Crippen LogP contribution >= 0.6 is 0 Å². The molecule has 0 aromatic rings. The normalized spacial score (nSPS) is 10.4. The molecule has 32 heavy (non-hydrogen) atoms. The summed E-state index contributed by atoms with van der Waals surface area (Å²) in [4.78, 5) is 46.0. The Bertz CT molecular complexity index is 521. The van der Waals surface area contributed by atoms with Crippen LogP contribution in [0.15, 0.2) is 0 Å². The first-order valence-electron chi connectivity index (χ1n) is 11.3. The molecule has 0 aromatic heterocycles. The Hall–Kier alpha value is -2.20. The van der Waals surface area contributed by atoms with Gasteiger partial charge in [0, 0.05) is 26.1 Å². The number of carbonyl (C=O) groups is 4. The molecule has 0 bridgehead atoms. The highest BCUT2D eigenvalue weighted by molar-refractivity contribution is 5.77. The average molecular weight is 463 g/mol. The maximum Gasteiger partial charge on any atom is 0.306 e. The van der Waals surface area contributed by atoms with Gasteiger partial charge in [0.2, 0.25) is 0 Å². The first-order valence-corrected chi connectivity index (χ1v) is 11.3. The molecule has 0 aliphatic carbocycles. The molecule has 0 aliphatic rings. The third-order valence-electron chi connectivity index (χ3n) is 4.24. The van der Waals surface area contributed by atoms with Crippen molar-refractivity contribution in [2.45, 2.75) is 77.0 Å². The van der Waals surface area contributed by atoms with Crippen LogP contribution in [0.2, 0.25) is 0 Å². The second-order valence-corrected chi connectivity index (χ2v) is 7.16. The van der Waals surface area contributed by atoms with Crippen LogP contribution in [0, 0.1) is 0 Å². The molecule has 2 N–H and O–H groups in total. The molecule has 0 saturated carbocycles. The summed E-state index contributed by atoms with van der Waals surface area (Å²) in [6.45, 7) is 1.07. The smallest absolute Gasteiger partial charge is 0.306 e. The Labute approximate surface area is 189 Å². The van der Waals surface area contributed by atoms with Crippen LogP contribution in [0.1, 0.15) is 77.0 Å². The van der Waals surface area contributed by atoms with E-state index in [1.54, 1.807) is 0 Å². The molecule has 186 valence electrons. The van der Waals surface area contributed by atoms with Gasteiger partial charge in [-0.3, -0.25) is 19.2 Å². The lowest BCUT2D eigenvalue weighted by atomic mass is 10.2. The van der Waals surface area contributed by atoms with Crippen LogP contribution in [0.3, 0.4) is 0 Å². The summed E-state index contributed by atoms with van der Waals surface area (Å²) in [6.07, 6.45) is 4.92. The van der Waals surface area contributed by atoms with Crippen molar-refractivity contribution in [3.05, 3.63) is 0 Å². The zero-order valence-electron chi connectivity index (χ0n) is 18.9. The summed E-state index contributed by atoms with van der Waals surface area (Å²) < 4.78 is 20.0. The predicted octanol–water partition coefficient (Wildman–Crippen LogP) is 1.82. The number of carbonyl (C=O) groups excluding carboxylic acids is 4. The molecule has 0 unspecified atom stereocenters. The van der Waals surface area contributed by atoms with Gasteiger partial charge in [-0.25, -0.2) is 0 Å². The summed E-state index contributed by atoms with van der Waals surface area (Å²) >= 11 is 0. The van der Waals surface area contributed by atoms with E-state index < -0.39 is 11.9 Å². The Morgan fingerprint density at radius 1 is 0.406 bits per heavy atom. The molecular formula is C22H38O10. The van der Waals surface area contributed by atoms with E-state index in [0.717, 1.165) is 0 Å². The van der Waals surface area contributed by atoms with Crippen LogP contribution in [-0.4, -0.2) is 73.7 Å². The molecule has 0 rings (SSSR count). The summed E-state index contributed by atoms with van der Waals surface area (Å²) in [5.41, 5.74) is 0. The third kappa shape index (κ3) is 21.0. The molecule has 0 heterocycles. The van der Waals surface area contributed by atoms with Crippen molar-refractivity contribution >= 4 is 23.9 Å². The van der Waals surface area contributed by atoms with E-state index in [4.69, 9.17) is 29.2 Å². The topological polar surface area (TPSA) is 146 Å². The number of ether oxygens (including phenoxy) is 4. The maximum absolute atomic E-state index is 11.6. The van der Waals surface area contributed by atoms with Gasteiger partial charge in [0.15, 0.2) is 0 Å². The van der Waals surface area contributed by atoms with Gasteiger partial charge < -0.3 is 29.2 Å². The molecule has 0 aromatic carbocycles. The highest BCUT2D eigenvalue weighted by Gasteiger charge is 2.09. The minimum absolute atomic E-state index is 0.0446. The number of aliphatic hydroxyl groups is 2. The molecule has 0 atom stereocenters. The largest absolute Gasteiger partial charge is 0.466 e. The van der Waals surface area contributed by atoms with Gasteiger partial charge in [-0.2, -0.15) is 0 Å². The number of unbranched alkanes of at least 4 members (excludes halogenated alkanes) is 4. The standard InChI is InChI=1S/C22H38O10/c23-13-3-5-15-29-19(25)9-1-2-10-20(26)30-17-7-8-18-32-22(28)12-11-21(27)31-16-6-4-14-24/h23-24H,1-18H2. The van der Waals surface area contributed by atoms with E-state index >= 15 is 0 Å². The highest BCUT2D eigenvalue weighted by atomic mass is 16.5. The minimum atomic E-state index is -0.485. The second-order valence-electron chi connectivity index (χ2n) is 7.16. The van der Waals surface area contributed by atoms with Crippen LogP contribution < -0.4 is 0 Å². The lowest BCUT2D eigenvalue weighted by molar-refractivity contribution is -0.150. The van der Waals surface area contributed by atoms with Gasteiger partial charge in [-0.1, -0.05) is 0 Å². The van der Waals surface area contributed by atoms with E-state index in [0.29, 0.717) is 58.0 Å². The van der Waals surface area contributed by atoms with Crippen molar-refractivity contribution in [2.75, 3.05) is 39.6 Å². The predicted molar refractivity (Wildman–Crippen MR) is 113 cm³/mol. The number of hydrogen-bond donors (Lipinski definition) is 2. The van der Waals surface area contributed by atoms with Gasteiger partial charge in [0.25, 0.3) is 0 Å². The van der Waals surface area contributed by atoms with Crippen molar-refractivity contribution in [1.29, 1.82) is 0 Å². The Kier molecular flexibility index (Phi) is 20.5. The third-order valence-corrected chi connectivity index (χ3v) is 4.24. The first-order chi connectivity index (χ1) is 15.5. The SMILES string of the molecule is O=C(CCCCC(=O)OCCCCOC(=O)CCC(=O)OCCCCO)OCCCCO. The van der Waals surface area contributed by atoms with E-state index in [2.05, 4.69) is 0 Å². The molecule has 10 nitrogen and oxygen atoms in total. The summed E-state index contributed by atoms with van der Waals surface area (Å²) in [5, 5.41) is 17.2. The molecule has 0 radical (unpaired) electrons. The van der Waals surface area contributed by atoms with Crippen LogP contribution in [0.5, 0.6) is 0 Å². The fourth-order valence-corrected chi connectivity index (χ4v) is 2.41. The van der Waals surface area contributed by atoms with Crippen LogP contribution in [0.25, 0.3) is 0 Å². The Balaban J connectivity index is 3.48. The Morgan fingerprint density at radius 2 is 0.688 bits per heavy atom. The molecule has 0 fully saturated rings. The van der Waals surface area contributed by atoms with Crippen molar-refractivity contribution in [3.8, 4) is 0 Å². The monoisotopic (exact) mass is 462 g/mol. The van der Waals surface area contributed by atoms with E-state index in [9.17, 15) is 19.2 Å². The number of aliphatic hydroxyl groups excluding tert-OH is 2. The number of esters is 4. The molecular weight excluding hydrogens is 424 g/mol. The van der Waals surface area contributed by atoms with Crippen LogP contribution in [0.4, 0.5) is 0 Å². The van der Waals surface area contributed by atoms with Gasteiger partial charge >= 0.3 is 23.9 Å². The number of hydrogen-bond acceptors (Lipinski definition) is 10. The molecule has 0 spiro atoms. The zero-order chi connectivity index (χ0) is 23.9. The quantitative estimate of drug-likeness (QED) is 0.147. The summed E-state index contributed by atoms with van der Waals surface area (Å²) in [7, 11) is 0. The van der Waals surface area contributed by atoms with Gasteiger partial charge in [0.1, 0.15) is 0 Å². The van der Waals surface area contributed by atoms with E-state index in [1.807, 2.05) is 0 Å². The molecule has 0 saturated heterocycles. The Morgan fingerprint density at radius 3 is 1.00 bits per heavy atom. The lowest BCUT2D eigenvalue weighted by Crippen LogP contribution is -2.12. The van der Waals surface area contributed by atoms with Gasteiger partial charge in [-0.15, -0.1) is 0 Å². The van der Waals surface area contributed by atoms with Gasteiger partial charge in [0.05, 0.1) is 39.3 Å². The average Bonchev–Trinajstić information content (AvgIpc) is 2.78.